The van der Waals surface area contributed by atoms with Crippen molar-refractivity contribution in [2.45, 2.75) is 0 Å². The molecule has 0 aliphatic carbocycles. The number of hydrogen-bond acceptors (Lipinski definition) is 6. The van der Waals surface area contributed by atoms with Crippen LogP contribution < -0.4 is 10.2 Å². The number of piperazine rings is 1. The summed E-state index contributed by atoms with van der Waals surface area (Å²) in [5.41, 5.74) is 0.875. The minimum Gasteiger partial charge on any atom is -0.506 e. The number of sulfone groups is 1. The van der Waals surface area contributed by atoms with E-state index in [9.17, 15) is 13.5 Å². The minimum absolute atomic E-state index is 0.260. The number of anilines is 1. The van der Waals surface area contributed by atoms with Crippen LogP contribution in [0.3, 0.4) is 0 Å². The van der Waals surface area contributed by atoms with Crippen LogP contribution >= 0.6 is 0 Å². The summed E-state index contributed by atoms with van der Waals surface area (Å²) in [6.07, 6.45) is 0. The van der Waals surface area contributed by atoms with Gasteiger partial charge in [0.1, 0.15) is 5.75 Å². The van der Waals surface area contributed by atoms with E-state index in [1.807, 2.05) is 18.2 Å². The Hall–Kier alpha value is -2.00. The van der Waals surface area contributed by atoms with E-state index >= 15 is 0 Å². The lowest BCUT2D eigenvalue weighted by Crippen LogP contribution is -2.53. The number of benzene rings is 1. The Morgan fingerprint density at radius 2 is 1.78 bits per heavy atom. The Labute approximate surface area is 161 Å². The van der Waals surface area contributed by atoms with Crippen molar-refractivity contribution in [3.63, 3.8) is 0 Å². The molecular weight excluding hydrogens is 366 g/mol. The fourth-order valence-electron chi connectivity index (χ4n) is 3.52. The first-order valence-corrected chi connectivity index (χ1v) is 11.2. The van der Waals surface area contributed by atoms with Gasteiger partial charge in [-0.15, -0.1) is 0 Å². The summed E-state index contributed by atoms with van der Waals surface area (Å²) in [6.45, 7) is 6.08. The molecule has 1 aromatic carbocycles. The average Bonchev–Trinajstić information content (AvgIpc) is 2.67. The van der Waals surface area contributed by atoms with E-state index in [2.05, 4.69) is 25.0 Å². The van der Waals surface area contributed by atoms with E-state index in [4.69, 9.17) is 0 Å². The lowest BCUT2D eigenvalue weighted by atomic mass is 10.2. The number of phenolic OH excluding ortho intramolecular Hbond substituents is 1. The molecule has 2 heterocycles. The molecular formula is C18H29N5O3S. The van der Waals surface area contributed by atoms with Crippen LogP contribution in [0, 0.1) is 0 Å². The van der Waals surface area contributed by atoms with Gasteiger partial charge in [-0.25, -0.2) is 8.42 Å². The Balaban J connectivity index is 1.43. The second-order valence-electron chi connectivity index (χ2n) is 6.93. The normalized spacial score (nSPS) is 21.3. The van der Waals surface area contributed by atoms with Gasteiger partial charge in [0.25, 0.3) is 0 Å². The standard InChI is InChI=1S/C18H29N5O3S/c1-19-18(20-6-7-21-12-14-27(25,26)15-13-21)23-10-8-22(9-11-23)16-4-2-3-5-17(16)24/h2-5,24H,6-15H2,1H3,(H,19,20). The topological polar surface area (TPSA) is 88.5 Å². The number of nitrogens with zero attached hydrogens (tertiary/aromatic N) is 4. The van der Waals surface area contributed by atoms with Crippen molar-refractivity contribution in [1.29, 1.82) is 0 Å². The number of rotatable bonds is 4. The van der Waals surface area contributed by atoms with E-state index in [1.54, 1.807) is 13.1 Å². The first-order valence-electron chi connectivity index (χ1n) is 9.40. The Morgan fingerprint density at radius 3 is 2.41 bits per heavy atom. The first-order chi connectivity index (χ1) is 13.0. The van der Waals surface area contributed by atoms with Gasteiger partial charge in [-0.1, -0.05) is 12.1 Å². The van der Waals surface area contributed by atoms with Crippen molar-refractivity contribution in [3.05, 3.63) is 24.3 Å². The van der Waals surface area contributed by atoms with Crippen molar-refractivity contribution < 1.29 is 13.5 Å². The van der Waals surface area contributed by atoms with Crippen molar-refractivity contribution in [1.82, 2.24) is 15.1 Å². The third-order valence-corrected chi connectivity index (χ3v) is 6.77. The molecule has 3 rings (SSSR count). The zero-order valence-electron chi connectivity index (χ0n) is 15.8. The molecule has 0 saturated carbocycles. The van der Waals surface area contributed by atoms with E-state index < -0.39 is 9.84 Å². The molecule has 2 saturated heterocycles. The molecule has 0 bridgehead atoms. The zero-order chi connectivity index (χ0) is 19.3. The van der Waals surface area contributed by atoms with E-state index in [0.29, 0.717) is 18.8 Å². The molecule has 2 aliphatic rings. The molecule has 8 nitrogen and oxygen atoms in total. The van der Waals surface area contributed by atoms with Crippen molar-refractivity contribution in [3.8, 4) is 5.75 Å². The summed E-state index contributed by atoms with van der Waals surface area (Å²) in [5.74, 6) is 1.71. The molecule has 2 fully saturated rings. The zero-order valence-corrected chi connectivity index (χ0v) is 16.7. The Morgan fingerprint density at radius 1 is 1.11 bits per heavy atom. The molecule has 0 atom stereocenters. The van der Waals surface area contributed by atoms with Crippen LogP contribution in [0.4, 0.5) is 5.69 Å². The van der Waals surface area contributed by atoms with Gasteiger partial charge < -0.3 is 20.2 Å². The van der Waals surface area contributed by atoms with Crippen LogP contribution in [0.25, 0.3) is 0 Å². The Bertz CT molecular complexity index is 746. The number of guanidine groups is 1. The van der Waals surface area contributed by atoms with Gasteiger partial charge in [0, 0.05) is 59.4 Å². The second kappa shape index (κ2) is 8.79. The van der Waals surface area contributed by atoms with Gasteiger partial charge in [-0.2, -0.15) is 0 Å². The summed E-state index contributed by atoms with van der Waals surface area (Å²) < 4.78 is 23.0. The van der Waals surface area contributed by atoms with E-state index in [0.717, 1.165) is 50.9 Å². The largest absolute Gasteiger partial charge is 0.506 e. The quantitative estimate of drug-likeness (QED) is 0.540. The van der Waals surface area contributed by atoms with E-state index in [1.165, 1.54) is 0 Å². The number of nitrogens with one attached hydrogen (secondary N) is 1. The van der Waals surface area contributed by atoms with Crippen LogP contribution in [0.15, 0.2) is 29.3 Å². The van der Waals surface area contributed by atoms with Crippen LogP contribution in [0.5, 0.6) is 5.75 Å². The molecule has 0 radical (unpaired) electrons. The summed E-state index contributed by atoms with van der Waals surface area (Å²) in [6, 6.07) is 7.43. The lowest BCUT2D eigenvalue weighted by molar-refractivity contribution is 0.296. The number of hydrogen-bond donors (Lipinski definition) is 2. The predicted octanol–water partition coefficient (Wildman–Crippen LogP) is -0.180. The minimum atomic E-state index is -2.83. The monoisotopic (exact) mass is 395 g/mol. The highest BCUT2D eigenvalue weighted by Gasteiger charge is 2.23. The average molecular weight is 396 g/mol. The Kier molecular flexibility index (Phi) is 6.43. The highest BCUT2D eigenvalue weighted by Crippen LogP contribution is 2.27. The van der Waals surface area contributed by atoms with Gasteiger partial charge in [0.2, 0.25) is 0 Å². The number of para-hydroxylation sites is 2. The van der Waals surface area contributed by atoms with Crippen molar-refractivity contribution in [2.24, 2.45) is 4.99 Å². The van der Waals surface area contributed by atoms with Gasteiger partial charge in [0.15, 0.2) is 15.8 Å². The van der Waals surface area contributed by atoms with Crippen LogP contribution in [0.1, 0.15) is 0 Å². The summed E-state index contributed by atoms with van der Waals surface area (Å²) in [5, 5.41) is 13.4. The van der Waals surface area contributed by atoms with Gasteiger partial charge >= 0.3 is 0 Å². The summed E-state index contributed by atoms with van der Waals surface area (Å²) >= 11 is 0. The first kappa shape index (κ1) is 19.8. The highest BCUT2D eigenvalue weighted by molar-refractivity contribution is 7.91. The maximum absolute atomic E-state index is 11.5. The molecule has 0 spiro atoms. The number of phenols is 1. The third kappa shape index (κ3) is 5.26. The van der Waals surface area contributed by atoms with Crippen molar-refractivity contribution in [2.75, 3.05) is 75.8 Å². The fourth-order valence-corrected chi connectivity index (χ4v) is 4.80. The predicted molar refractivity (Wildman–Crippen MR) is 108 cm³/mol. The lowest BCUT2D eigenvalue weighted by Gasteiger charge is -2.38. The molecule has 2 aliphatic heterocycles. The van der Waals surface area contributed by atoms with E-state index in [-0.39, 0.29) is 11.5 Å². The number of aliphatic imine (C=N–C) groups is 1. The molecule has 2 N–H and O–H groups in total. The number of aromatic hydroxyl groups is 1. The van der Waals surface area contributed by atoms with Gasteiger partial charge in [-0.05, 0) is 12.1 Å². The smallest absolute Gasteiger partial charge is 0.193 e. The third-order valence-electron chi connectivity index (χ3n) is 5.16. The maximum Gasteiger partial charge on any atom is 0.193 e. The molecule has 27 heavy (non-hydrogen) atoms. The van der Waals surface area contributed by atoms with Crippen LogP contribution in [-0.4, -0.2) is 100 Å². The van der Waals surface area contributed by atoms with Crippen LogP contribution in [-0.2, 0) is 9.84 Å². The molecule has 0 amide bonds. The second-order valence-corrected chi connectivity index (χ2v) is 9.23. The van der Waals surface area contributed by atoms with Gasteiger partial charge in [-0.3, -0.25) is 9.89 Å². The molecule has 9 heteroatoms. The molecule has 1 aromatic rings. The fraction of sp³-hybridized carbons (Fsp3) is 0.611. The summed E-state index contributed by atoms with van der Waals surface area (Å²) in [4.78, 5) is 11.0. The molecule has 0 unspecified atom stereocenters. The maximum atomic E-state index is 11.5. The SMILES string of the molecule is CN=C(NCCN1CCS(=O)(=O)CC1)N1CCN(c2ccccc2O)CC1. The molecule has 0 aromatic heterocycles. The van der Waals surface area contributed by atoms with Gasteiger partial charge in [0.05, 0.1) is 17.2 Å². The van der Waals surface area contributed by atoms with Crippen LogP contribution in [0.2, 0.25) is 0 Å². The summed E-state index contributed by atoms with van der Waals surface area (Å²) in [7, 11) is -1.04. The van der Waals surface area contributed by atoms with Crippen molar-refractivity contribution >= 4 is 21.5 Å². The molecule has 150 valence electrons. The highest BCUT2D eigenvalue weighted by atomic mass is 32.2.